The summed E-state index contributed by atoms with van der Waals surface area (Å²) in [7, 11) is 0. The van der Waals surface area contributed by atoms with Crippen molar-refractivity contribution in [1.29, 1.82) is 0 Å². The molecule has 1 unspecified atom stereocenters. The molecule has 2 aromatic heterocycles. The van der Waals surface area contributed by atoms with E-state index in [0.29, 0.717) is 53.4 Å². The van der Waals surface area contributed by atoms with Gasteiger partial charge in [-0.2, -0.15) is 0 Å². The fourth-order valence-corrected chi connectivity index (χ4v) is 5.67. The summed E-state index contributed by atoms with van der Waals surface area (Å²) in [6.07, 6.45) is 5.37. The number of aliphatic hydroxyl groups excluding tert-OH is 1. The largest absolute Gasteiger partial charge is 0.385 e. The molecule has 0 radical (unpaired) electrons. The number of aliphatic hydroxyl groups is 1. The van der Waals surface area contributed by atoms with Crippen molar-refractivity contribution in [3.05, 3.63) is 40.9 Å². The molecule has 9 nitrogen and oxygen atoms in total. The second kappa shape index (κ2) is 10.8. The summed E-state index contributed by atoms with van der Waals surface area (Å²) in [4.78, 5) is 26.3. The van der Waals surface area contributed by atoms with Crippen LogP contribution in [0.15, 0.2) is 24.3 Å². The number of hydrazine groups is 1. The highest BCUT2D eigenvalue weighted by Crippen LogP contribution is 2.37. The summed E-state index contributed by atoms with van der Waals surface area (Å²) < 4.78 is 7.61. The van der Waals surface area contributed by atoms with Crippen LogP contribution in [0, 0.1) is 17.8 Å². The van der Waals surface area contributed by atoms with Crippen molar-refractivity contribution in [3.8, 4) is 11.3 Å². The topological polar surface area (TPSA) is 128 Å². The Bertz CT molecular complexity index is 1230. The van der Waals surface area contributed by atoms with Gasteiger partial charge in [-0.3, -0.25) is 10.2 Å². The van der Waals surface area contributed by atoms with Crippen molar-refractivity contribution in [1.82, 2.24) is 24.9 Å². The molecule has 1 aliphatic carbocycles. The van der Waals surface area contributed by atoms with E-state index < -0.39 is 12.0 Å². The van der Waals surface area contributed by atoms with Crippen LogP contribution in [0.1, 0.15) is 68.0 Å². The van der Waals surface area contributed by atoms with E-state index in [0.717, 1.165) is 37.2 Å². The summed E-state index contributed by atoms with van der Waals surface area (Å²) in [5.74, 6) is 6.50. The third kappa shape index (κ3) is 5.11. The van der Waals surface area contributed by atoms with Crippen LogP contribution >= 0.6 is 11.6 Å². The molecule has 1 atom stereocenters. The maximum absolute atomic E-state index is 12.4. The van der Waals surface area contributed by atoms with Crippen molar-refractivity contribution in [3.63, 3.8) is 0 Å². The molecule has 1 amide bonds. The van der Waals surface area contributed by atoms with Crippen LogP contribution in [-0.4, -0.2) is 43.7 Å². The van der Waals surface area contributed by atoms with Gasteiger partial charge in [-0.1, -0.05) is 43.5 Å². The number of nitrogen functional groups attached to an aromatic ring is 1. The smallest absolute Gasteiger partial charge is 0.303 e. The van der Waals surface area contributed by atoms with Gasteiger partial charge in [0.1, 0.15) is 23.1 Å². The van der Waals surface area contributed by atoms with Crippen LogP contribution in [0.5, 0.6) is 0 Å². The first kappa shape index (κ1) is 25.1. The number of aromatic nitrogens is 4. The lowest BCUT2D eigenvalue weighted by Gasteiger charge is -2.30. The monoisotopic (exact) mass is 512 g/mol. The number of nitrogens with one attached hydrogen (secondary N) is 1. The average Bonchev–Trinajstić information content (AvgIpc) is 3.27. The maximum atomic E-state index is 12.4. The molecule has 5 rings (SSSR count). The van der Waals surface area contributed by atoms with Gasteiger partial charge >= 0.3 is 5.91 Å². The van der Waals surface area contributed by atoms with Gasteiger partial charge in [0.25, 0.3) is 0 Å². The van der Waals surface area contributed by atoms with E-state index in [9.17, 15) is 9.90 Å². The van der Waals surface area contributed by atoms with E-state index in [2.05, 4.69) is 26.9 Å². The predicted octanol–water partition coefficient (Wildman–Crippen LogP) is 4.04. The van der Waals surface area contributed by atoms with Crippen molar-refractivity contribution >= 4 is 28.7 Å². The molecular weight excluding hydrogens is 480 g/mol. The number of imidazole rings is 1. The van der Waals surface area contributed by atoms with E-state index in [1.54, 1.807) is 6.07 Å². The molecular formula is C26H33ClN6O3. The number of amides is 1. The Morgan fingerprint density at radius 1 is 1.19 bits per heavy atom. The van der Waals surface area contributed by atoms with Gasteiger partial charge in [-0.05, 0) is 55.6 Å². The third-order valence-electron chi connectivity index (χ3n) is 7.62. The van der Waals surface area contributed by atoms with Gasteiger partial charge in [-0.25, -0.2) is 20.8 Å². The second-order valence-corrected chi connectivity index (χ2v) is 10.6. The highest BCUT2D eigenvalue weighted by molar-refractivity contribution is 6.30. The molecule has 1 aliphatic heterocycles. The lowest BCUT2D eigenvalue weighted by molar-refractivity contribution is 0.00228. The summed E-state index contributed by atoms with van der Waals surface area (Å²) in [6.45, 7) is 4.25. The summed E-state index contributed by atoms with van der Waals surface area (Å²) in [5.41, 5.74) is 4.46. The van der Waals surface area contributed by atoms with Crippen LogP contribution < -0.4 is 11.3 Å². The zero-order valence-corrected chi connectivity index (χ0v) is 21.2. The van der Waals surface area contributed by atoms with Crippen LogP contribution in [-0.2, 0) is 11.3 Å². The number of carbonyl (C=O) groups is 1. The van der Waals surface area contributed by atoms with Crippen molar-refractivity contribution < 1.29 is 14.6 Å². The molecule has 192 valence electrons. The number of ether oxygens (including phenoxy) is 1. The highest BCUT2D eigenvalue weighted by Gasteiger charge is 2.32. The third-order valence-corrected chi connectivity index (χ3v) is 7.85. The van der Waals surface area contributed by atoms with Gasteiger partial charge in [0.2, 0.25) is 5.82 Å². The number of carbonyl (C=O) groups excluding carboxylic acids is 1. The first-order chi connectivity index (χ1) is 17.4. The number of nitrogens with zero attached hydrogens (tertiary/aromatic N) is 4. The summed E-state index contributed by atoms with van der Waals surface area (Å²) in [6, 6.07) is 7.33. The molecule has 3 heterocycles. The highest BCUT2D eigenvalue weighted by atomic mass is 35.5. The zero-order chi connectivity index (χ0) is 25.2. The van der Waals surface area contributed by atoms with Crippen LogP contribution in [0.3, 0.4) is 0 Å². The number of fused-ring (bicyclic) bond motifs is 1. The molecule has 2 fully saturated rings. The second-order valence-electron chi connectivity index (χ2n) is 10.2. The van der Waals surface area contributed by atoms with Crippen LogP contribution in [0.2, 0.25) is 5.02 Å². The van der Waals surface area contributed by atoms with Crippen molar-refractivity contribution in [2.45, 2.75) is 58.1 Å². The van der Waals surface area contributed by atoms with Crippen molar-refractivity contribution in [2.75, 3.05) is 13.2 Å². The van der Waals surface area contributed by atoms with E-state index in [4.69, 9.17) is 27.2 Å². The molecule has 1 saturated carbocycles. The Morgan fingerprint density at radius 3 is 2.64 bits per heavy atom. The number of hydrogen-bond donors (Lipinski definition) is 3. The Hall–Kier alpha value is -2.59. The Morgan fingerprint density at radius 2 is 1.94 bits per heavy atom. The van der Waals surface area contributed by atoms with E-state index >= 15 is 0 Å². The number of nitrogens with two attached hydrogens (primary N) is 1. The minimum absolute atomic E-state index is 0.0371. The Balaban J connectivity index is 1.69. The molecule has 10 heteroatoms. The fourth-order valence-electron chi connectivity index (χ4n) is 5.48. The lowest BCUT2D eigenvalue weighted by Crippen LogP contribution is -2.31. The van der Waals surface area contributed by atoms with Gasteiger partial charge in [0.05, 0.1) is 0 Å². The SMILES string of the molecule is C[C@H]1CC[C@H](Cn2c(C(O)C3CCOCC3)nc3nc(C(=O)NN)nc(-c4cccc(Cl)c4)c32)CC1. The zero-order valence-electron chi connectivity index (χ0n) is 20.5. The fraction of sp³-hybridized carbons (Fsp3) is 0.538. The van der Waals surface area contributed by atoms with E-state index in [-0.39, 0.29) is 11.7 Å². The Labute approximate surface area is 215 Å². The Kier molecular flexibility index (Phi) is 7.52. The number of halogens is 1. The molecule has 2 aliphatic rings. The van der Waals surface area contributed by atoms with E-state index in [1.807, 2.05) is 18.2 Å². The molecule has 0 bridgehead atoms. The number of hydrogen-bond acceptors (Lipinski definition) is 7. The quantitative estimate of drug-likeness (QED) is 0.258. The molecule has 36 heavy (non-hydrogen) atoms. The summed E-state index contributed by atoms with van der Waals surface area (Å²) in [5, 5.41) is 12.1. The van der Waals surface area contributed by atoms with Gasteiger partial charge < -0.3 is 14.4 Å². The first-order valence-corrected chi connectivity index (χ1v) is 13.1. The normalized spacial score (nSPS) is 22.0. The molecule has 4 N–H and O–H groups in total. The van der Waals surface area contributed by atoms with Gasteiger partial charge in [0.15, 0.2) is 5.65 Å². The van der Waals surface area contributed by atoms with Crippen LogP contribution in [0.25, 0.3) is 22.4 Å². The number of rotatable bonds is 6. The number of benzene rings is 1. The van der Waals surface area contributed by atoms with Crippen LogP contribution in [0.4, 0.5) is 0 Å². The van der Waals surface area contributed by atoms with E-state index in [1.165, 1.54) is 12.8 Å². The molecule has 0 spiro atoms. The lowest BCUT2D eigenvalue weighted by atomic mass is 9.83. The summed E-state index contributed by atoms with van der Waals surface area (Å²) >= 11 is 6.32. The maximum Gasteiger partial charge on any atom is 0.303 e. The molecule has 1 saturated heterocycles. The molecule has 3 aromatic rings. The van der Waals surface area contributed by atoms with Gasteiger partial charge in [-0.15, -0.1) is 0 Å². The van der Waals surface area contributed by atoms with Crippen molar-refractivity contribution in [2.24, 2.45) is 23.6 Å². The standard InChI is InChI=1S/C26H33ClN6O3/c1-15-5-7-16(8-6-15)14-33-21-20(18-3-2-4-19(27)13-18)29-24(26(35)32-28)30-23(21)31-25(33)22(34)17-9-11-36-12-10-17/h2-4,13,15-17,22,34H,5-12,14,28H2,1H3,(H,32,35)/t15-,16-,22?. The van der Waals surface area contributed by atoms with Gasteiger partial charge in [0, 0.05) is 30.3 Å². The minimum Gasteiger partial charge on any atom is -0.385 e. The predicted molar refractivity (Wildman–Crippen MR) is 137 cm³/mol. The molecule has 1 aromatic carbocycles. The minimum atomic E-state index is -0.774. The average molecular weight is 513 g/mol. The first-order valence-electron chi connectivity index (χ1n) is 12.8.